The van der Waals surface area contributed by atoms with Gasteiger partial charge in [0.2, 0.25) is 5.91 Å². The lowest BCUT2D eigenvalue weighted by Crippen LogP contribution is -2.32. The van der Waals surface area contributed by atoms with Crippen molar-refractivity contribution in [3.8, 4) is 0 Å². The van der Waals surface area contributed by atoms with Crippen molar-refractivity contribution in [2.45, 2.75) is 33.1 Å². The fourth-order valence-corrected chi connectivity index (χ4v) is 3.16. The number of amides is 1. The number of carbonyl (C=O) groups is 1. The topological polar surface area (TPSA) is 41.1 Å². The fraction of sp³-hybridized carbons (Fsp3) is 0.562. The predicted molar refractivity (Wildman–Crippen MR) is 94.1 cm³/mol. The number of piperidine rings is 1. The third-order valence-corrected chi connectivity index (χ3v) is 4.66. The Hall–Kier alpha value is -0.580. The minimum atomic E-state index is 0. The van der Waals surface area contributed by atoms with Crippen LogP contribution < -0.4 is 10.6 Å². The Labute approximate surface area is 141 Å². The summed E-state index contributed by atoms with van der Waals surface area (Å²) in [6.07, 6.45) is 2.98. The van der Waals surface area contributed by atoms with Crippen molar-refractivity contribution in [3.05, 3.63) is 28.2 Å². The van der Waals surface area contributed by atoms with E-state index in [9.17, 15) is 4.79 Å². The van der Waals surface area contributed by atoms with Crippen LogP contribution in [0.5, 0.6) is 0 Å². The van der Waals surface area contributed by atoms with E-state index in [1.165, 1.54) is 12.8 Å². The van der Waals surface area contributed by atoms with Crippen molar-refractivity contribution in [1.82, 2.24) is 5.32 Å². The third-order valence-electron chi connectivity index (χ3n) is 4.17. The summed E-state index contributed by atoms with van der Waals surface area (Å²) in [6, 6.07) is 5.96. The van der Waals surface area contributed by atoms with Gasteiger partial charge in [0.15, 0.2) is 0 Å². The SMILES string of the molecule is Cc1ccc(Br)cc1NC(=O)CC(C)C1CCNCC1.Cl. The second-order valence-corrected chi connectivity index (χ2v) is 6.69. The van der Waals surface area contributed by atoms with Crippen molar-refractivity contribution in [2.75, 3.05) is 18.4 Å². The number of hydrogen-bond acceptors (Lipinski definition) is 2. The first-order valence-corrected chi connectivity index (χ1v) is 8.12. The zero-order valence-corrected chi connectivity index (χ0v) is 15.0. The highest BCUT2D eigenvalue weighted by Gasteiger charge is 2.22. The number of anilines is 1. The van der Waals surface area contributed by atoms with E-state index in [1.807, 2.05) is 25.1 Å². The zero-order chi connectivity index (χ0) is 14.5. The average Bonchev–Trinajstić information content (AvgIpc) is 2.43. The van der Waals surface area contributed by atoms with Crippen LogP contribution in [0.2, 0.25) is 0 Å². The Morgan fingerprint density at radius 3 is 2.76 bits per heavy atom. The van der Waals surface area contributed by atoms with Gasteiger partial charge in [-0.25, -0.2) is 0 Å². The maximum Gasteiger partial charge on any atom is 0.224 e. The molecule has 1 fully saturated rings. The Morgan fingerprint density at radius 2 is 2.10 bits per heavy atom. The van der Waals surface area contributed by atoms with Gasteiger partial charge in [0, 0.05) is 16.6 Å². The van der Waals surface area contributed by atoms with Crippen LogP contribution in [-0.4, -0.2) is 19.0 Å². The van der Waals surface area contributed by atoms with Gasteiger partial charge in [-0.1, -0.05) is 28.9 Å². The van der Waals surface area contributed by atoms with Crippen LogP contribution in [0.15, 0.2) is 22.7 Å². The molecule has 2 rings (SSSR count). The van der Waals surface area contributed by atoms with E-state index in [4.69, 9.17) is 0 Å². The number of hydrogen-bond donors (Lipinski definition) is 2. The number of benzene rings is 1. The first kappa shape index (κ1) is 18.5. The Kier molecular flexibility index (Phi) is 7.71. The fourth-order valence-electron chi connectivity index (χ4n) is 2.80. The van der Waals surface area contributed by atoms with Crippen molar-refractivity contribution in [2.24, 2.45) is 11.8 Å². The average molecular weight is 376 g/mol. The molecule has 1 aliphatic heterocycles. The van der Waals surface area contributed by atoms with Gasteiger partial charge in [0.25, 0.3) is 0 Å². The van der Waals surface area contributed by atoms with E-state index in [2.05, 4.69) is 33.5 Å². The number of nitrogens with one attached hydrogen (secondary N) is 2. The molecule has 1 aliphatic rings. The molecule has 1 saturated heterocycles. The van der Waals surface area contributed by atoms with Gasteiger partial charge in [-0.2, -0.15) is 0 Å². The van der Waals surface area contributed by atoms with E-state index in [0.29, 0.717) is 18.3 Å². The van der Waals surface area contributed by atoms with Crippen LogP contribution in [0.1, 0.15) is 31.7 Å². The molecule has 2 N–H and O–H groups in total. The number of aryl methyl sites for hydroxylation is 1. The highest BCUT2D eigenvalue weighted by atomic mass is 79.9. The predicted octanol–water partition coefficient (Wildman–Crippen LogP) is 4.14. The van der Waals surface area contributed by atoms with Gasteiger partial charge in [-0.3, -0.25) is 4.79 Å². The van der Waals surface area contributed by atoms with E-state index in [1.54, 1.807) is 0 Å². The minimum Gasteiger partial charge on any atom is -0.326 e. The van der Waals surface area contributed by atoms with Crippen LogP contribution in [0.25, 0.3) is 0 Å². The lowest BCUT2D eigenvalue weighted by Gasteiger charge is -2.28. The molecular formula is C16H24BrClN2O. The molecule has 1 unspecified atom stereocenters. The summed E-state index contributed by atoms with van der Waals surface area (Å²) in [6.45, 7) is 6.38. The van der Waals surface area contributed by atoms with Gasteiger partial charge in [-0.05, 0) is 62.4 Å². The molecule has 1 atom stereocenters. The molecule has 0 saturated carbocycles. The summed E-state index contributed by atoms with van der Waals surface area (Å²) < 4.78 is 0.991. The van der Waals surface area contributed by atoms with Crippen LogP contribution in [0.3, 0.4) is 0 Å². The quantitative estimate of drug-likeness (QED) is 0.830. The van der Waals surface area contributed by atoms with Crippen LogP contribution in [0, 0.1) is 18.8 Å². The molecule has 0 spiro atoms. The van der Waals surface area contributed by atoms with Crippen molar-refractivity contribution in [3.63, 3.8) is 0 Å². The lowest BCUT2D eigenvalue weighted by molar-refractivity contribution is -0.117. The molecule has 0 aromatic heterocycles. The number of halogens is 2. The van der Waals surface area contributed by atoms with Crippen molar-refractivity contribution >= 4 is 39.9 Å². The highest BCUT2D eigenvalue weighted by Crippen LogP contribution is 2.26. The van der Waals surface area contributed by atoms with Gasteiger partial charge >= 0.3 is 0 Å². The summed E-state index contributed by atoms with van der Waals surface area (Å²) >= 11 is 3.44. The van der Waals surface area contributed by atoms with Gasteiger partial charge in [0.05, 0.1) is 0 Å². The van der Waals surface area contributed by atoms with E-state index < -0.39 is 0 Å². The largest absolute Gasteiger partial charge is 0.326 e. The molecule has 1 aromatic rings. The summed E-state index contributed by atoms with van der Waals surface area (Å²) in [5, 5.41) is 6.41. The molecule has 0 radical (unpaired) electrons. The van der Waals surface area contributed by atoms with Crippen LogP contribution in [-0.2, 0) is 4.79 Å². The third kappa shape index (κ3) is 5.61. The van der Waals surface area contributed by atoms with Crippen LogP contribution >= 0.6 is 28.3 Å². The Bertz CT molecular complexity index is 475. The first-order chi connectivity index (χ1) is 9.56. The molecule has 3 nitrogen and oxygen atoms in total. The second kappa shape index (κ2) is 8.76. The maximum absolute atomic E-state index is 12.2. The van der Waals surface area contributed by atoms with E-state index in [0.717, 1.165) is 28.8 Å². The molecular weight excluding hydrogens is 352 g/mol. The summed E-state index contributed by atoms with van der Waals surface area (Å²) in [7, 11) is 0. The summed E-state index contributed by atoms with van der Waals surface area (Å²) in [5.74, 6) is 1.24. The molecule has 5 heteroatoms. The molecule has 118 valence electrons. The minimum absolute atomic E-state index is 0. The Balaban J connectivity index is 0.00000220. The monoisotopic (exact) mass is 374 g/mol. The van der Waals surface area contributed by atoms with Gasteiger partial charge in [-0.15, -0.1) is 12.4 Å². The second-order valence-electron chi connectivity index (χ2n) is 5.78. The zero-order valence-electron chi connectivity index (χ0n) is 12.6. The van der Waals surface area contributed by atoms with E-state index in [-0.39, 0.29) is 18.3 Å². The summed E-state index contributed by atoms with van der Waals surface area (Å²) in [4.78, 5) is 12.2. The van der Waals surface area contributed by atoms with Crippen LogP contribution in [0.4, 0.5) is 5.69 Å². The van der Waals surface area contributed by atoms with Gasteiger partial charge < -0.3 is 10.6 Å². The van der Waals surface area contributed by atoms with Gasteiger partial charge in [0.1, 0.15) is 0 Å². The van der Waals surface area contributed by atoms with Crippen molar-refractivity contribution < 1.29 is 4.79 Å². The molecule has 1 aromatic carbocycles. The molecule has 0 aliphatic carbocycles. The maximum atomic E-state index is 12.2. The first-order valence-electron chi connectivity index (χ1n) is 7.33. The molecule has 1 heterocycles. The smallest absolute Gasteiger partial charge is 0.224 e. The molecule has 21 heavy (non-hydrogen) atoms. The number of rotatable bonds is 4. The highest BCUT2D eigenvalue weighted by molar-refractivity contribution is 9.10. The van der Waals surface area contributed by atoms with Crippen molar-refractivity contribution in [1.29, 1.82) is 0 Å². The molecule has 0 bridgehead atoms. The van der Waals surface area contributed by atoms with E-state index >= 15 is 0 Å². The summed E-state index contributed by atoms with van der Waals surface area (Å²) in [5.41, 5.74) is 2.00. The molecule has 1 amide bonds. The number of carbonyl (C=O) groups excluding carboxylic acids is 1. The Morgan fingerprint density at radius 1 is 1.43 bits per heavy atom. The standard InChI is InChI=1S/C16H23BrN2O.ClH/c1-11-3-4-14(17)10-15(11)19-16(20)9-12(2)13-5-7-18-8-6-13;/h3-4,10,12-13,18H,5-9H2,1-2H3,(H,19,20);1H. The normalized spacial score (nSPS) is 16.9. The lowest BCUT2D eigenvalue weighted by atomic mass is 9.84.